The van der Waals surface area contributed by atoms with Crippen molar-refractivity contribution in [2.24, 2.45) is 34.6 Å². The predicted molar refractivity (Wildman–Crippen MR) is 253 cm³/mol. The van der Waals surface area contributed by atoms with Gasteiger partial charge in [-0.05, 0) is 25.8 Å². The van der Waals surface area contributed by atoms with E-state index in [4.69, 9.17) is 28.7 Å². The first kappa shape index (κ1) is 51.5. The minimum absolute atomic E-state index is 0.00175. The first-order chi connectivity index (χ1) is 32.6. The van der Waals surface area contributed by atoms with Crippen molar-refractivity contribution < 1.29 is 63.0 Å². The van der Waals surface area contributed by atoms with Crippen molar-refractivity contribution in [3.8, 4) is 11.5 Å². The smallest absolute Gasteiger partial charge is 0.315 e. The van der Waals surface area contributed by atoms with Crippen molar-refractivity contribution >= 4 is 35.1 Å². The van der Waals surface area contributed by atoms with Gasteiger partial charge in [0.25, 0.3) is 11.7 Å². The molecule has 2 amide bonds. The number of rotatable bonds is 6. The maximum Gasteiger partial charge on any atom is 0.315 e. The number of fused-ring (bicyclic) bond motifs is 13. The predicted octanol–water partition coefficient (Wildman–Crippen LogP) is 3.84. The SMILES string of the molecule is CO[C@H]1/C=C/O[C@@]2(C)Oc3c(C)c(O)c4c(c3C2=O)C2=NC3(CCN(CC(C)C)CC3)NC2=C(NC(=O)/C(C)=C\C=C\[C@H](C)[C@H](O)[C@@H](C)[C@@H](O)[C@@H](C)[C@H](OC(=O)CC(=O)N2CCOCC2)[C@@H]1C)C4=O. The molecule has 7 aliphatic rings. The number of ether oxygens (including phenoxy) is 5. The lowest BCUT2D eigenvalue weighted by Crippen LogP contribution is -2.50. The second-order valence-electron chi connectivity index (χ2n) is 20.1. The Morgan fingerprint density at radius 3 is 2.26 bits per heavy atom. The largest absolute Gasteiger partial charge is 0.507 e. The van der Waals surface area contributed by atoms with Gasteiger partial charge >= 0.3 is 11.8 Å². The van der Waals surface area contributed by atoms with Gasteiger partial charge in [-0.3, -0.25) is 29.0 Å². The van der Waals surface area contributed by atoms with Crippen LogP contribution in [-0.2, 0) is 33.3 Å². The highest BCUT2D eigenvalue weighted by molar-refractivity contribution is 6.34. The van der Waals surface area contributed by atoms with Crippen molar-refractivity contribution in [3.63, 3.8) is 0 Å². The first-order valence-corrected chi connectivity index (χ1v) is 24.1. The van der Waals surface area contributed by atoms with Crippen LogP contribution in [0.15, 0.2) is 52.5 Å². The van der Waals surface area contributed by atoms with Gasteiger partial charge in [-0.2, -0.15) is 0 Å². The Balaban J connectivity index is 1.29. The number of nitrogens with one attached hydrogen (secondary N) is 2. The number of phenols is 1. The number of ketones is 2. The summed E-state index contributed by atoms with van der Waals surface area (Å²) in [7, 11) is 1.43. The highest BCUT2D eigenvalue weighted by Gasteiger charge is 2.54. The number of hydrogen-bond donors (Lipinski definition) is 5. The molecule has 0 saturated carbocycles. The number of hydrogen-bond acceptors (Lipinski definition) is 16. The lowest BCUT2D eigenvalue weighted by atomic mass is 9.78. The average Bonchev–Trinajstić information content (AvgIpc) is 3.82. The van der Waals surface area contributed by atoms with E-state index in [1.807, 2.05) is 0 Å². The average molecular weight is 960 g/mol. The summed E-state index contributed by atoms with van der Waals surface area (Å²) in [6.07, 6.45) is 3.83. The highest BCUT2D eigenvalue weighted by atomic mass is 16.7. The second kappa shape index (κ2) is 20.5. The van der Waals surface area contributed by atoms with Crippen LogP contribution >= 0.6 is 0 Å². The topological polar surface area (TPSA) is 235 Å². The normalized spacial score (nSPS) is 32.6. The van der Waals surface area contributed by atoms with Gasteiger partial charge in [0.2, 0.25) is 11.7 Å². The van der Waals surface area contributed by atoms with Gasteiger partial charge in [0.1, 0.15) is 35.4 Å². The summed E-state index contributed by atoms with van der Waals surface area (Å²) in [5, 5.41) is 41.6. The molecule has 1 spiro atoms. The Morgan fingerprint density at radius 1 is 0.928 bits per heavy atom. The van der Waals surface area contributed by atoms with Crippen LogP contribution in [0.3, 0.4) is 0 Å². The van der Waals surface area contributed by atoms with Crippen LogP contribution in [0.5, 0.6) is 11.5 Å². The van der Waals surface area contributed by atoms with Crippen molar-refractivity contribution in [2.45, 2.75) is 117 Å². The number of aliphatic hydroxyl groups excluding tert-OH is 2. The fourth-order valence-corrected chi connectivity index (χ4v) is 10.3. The second-order valence-corrected chi connectivity index (χ2v) is 20.1. The number of carbonyl (C=O) groups excluding carboxylic acids is 5. The van der Waals surface area contributed by atoms with Gasteiger partial charge in [-0.1, -0.05) is 59.8 Å². The molecule has 18 nitrogen and oxygen atoms in total. The third-order valence-corrected chi connectivity index (χ3v) is 14.6. The number of esters is 1. The number of phenolic OH excluding ortho intramolecular Hbond substituents is 1. The third kappa shape index (κ3) is 10.1. The molecule has 2 fully saturated rings. The van der Waals surface area contributed by atoms with Crippen molar-refractivity contribution in [3.05, 3.63) is 69.8 Å². The molecule has 5 N–H and O–H groups in total. The molecule has 18 heteroatoms. The van der Waals surface area contributed by atoms with Gasteiger partial charge in [-0.15, -0.1) is 0 Å². The molecule has 1 aromatic carbocycles. The van der Waals surface area contributed by atoms with E-state index in [1.54, 1.807) is 46.8 Å². The van der Waals surface area contributed by atoms with Gasteiger partial charge in [0, 0.05) is 100.0 Å². The maximum atomic E-state index is 14.9. The number of methoxy groups -OCH3 is 1. The molecule has 6 aliphatic heterocycles. The zero-order chi connectivity index (χ0) is 50.3. The molecule has 1 aliphatic carbocycles. The van der Waals surface area contributed by atoms with Crippen molar-refractivity contribution in [1.82, 2.24) is 20.4 Å². The van der Waals surface area contributed by atoms with E-state index in [1.165, 1.54) is 44.3 Å². The molecule has 6 heterocycles. The van der Waals surface area contributed by atoms with E-state index in [0.29, 0.717) is 58.2 Å². The number of benzene rings is 1. The minimum Gasteiger partial charge on any atom is -0.507 e. The summed E-state index contributed by atoms with van der Waals surface area (Å²) in [6, 6.07) is 0. The van der Waals surface area contributed by atoms with Crippen LogP contribution in [0, 0.1) is 36.5 Å². The van der Waals surface area contributed by atoms with Crippen LogP contribution in [0.4, 0.5) is 0 Å². The Hall–Kier alpha value is -5.40. The Kier molecular flexibility index (Phi) is 15.3. The summed E-state index contributed by atoms with van der Waals surface area (Å²) in [5.41, 5.74) is -0.407. The van der Waals surface area contributed by atoms with Crippen molar-refractivity contribution in [1.29, 1.82) is 0 Å². The molecule has 5 bridgehead atoms. The highest BCUT2D eigenvalue weighted by Crippen LogP contribution is 2.50. The van der Waals surface area contributed by atoms with Crippen LogP contribution in [0.2, 0.25) is 0 Å². The number of piperidine rings is 1. The quantitative estimate of drug-likeness (QED) is 0.201. The van der Waals surface area contributed by atoms with E-state index in [2.05, 4.69) is 29.4 Å². The molecule has 69 heavy (non-hydrogen) atoms. The molecule has 9 atom stereocenters. The van der Waals surface area contributed by atoms with Crippen LogP contribution in [-0.4, -0.2) is 149 Å². The third-order valence-electron chi connectivity index (χ3n) is 14.6. The Bertz CT molecular complexity index is 2370. The first-order valence-electron chi connectivity index (χ1n) is 24.1. The van der Waals surface area contributed by atoms with E-state index >= 15 is 0 Å². The zero-order valence-corrected chi connectivity index (χ0v) is 41.4. The lowest BCUT2D eigenvalue weighted by molar-refractivity contribution is -0.166. The molecular formula is C51H69N5O13. The summed E-state index contributed by atoms with van der Waals surface area (Å²) < 4.78 is 29.8. The number of carbonyl (C=O) groups is 5. The number of aliphatic imine (C=N–C) groups is 1. The van der Waals surface area contributed by atoms with Crippen LogP contribution < -0.4 is 15.4 Å². The molecule has 0 radical (unpaired) electrons. The maximum absolute atomic E-state index is 14.9. The Labute approximate surface area is 403 Å². The van der Waals surface area contributed by atoms with Gasteiger partial charge in [-0.25, -0.2) is 0 Å². The number of aromatic hydroxyl groups is 1. The number of Topliss-reactive ketones (excluding diaryl/α,β-unsaturated/α-hetero) is 2. The number of allylic oxidation sites excluding steroid dienone is 4. The standard InChI is InChI=1S/C51H69N5O13/c1-26(2)25-55-17-15-51(16-18-55)53-39-36-37-44(61)32(8)47-38(36)48(63)50(9,69-47)67-21-14-33(65-10)29(5)46(68-35(58)24-34(57)56-19-22-66-23-20-56)31(7)43(60)30(6)42(59)27(3)12-11-13-28(4)49(64)52-41(45(37)62)40(39)54-51/h11-14,21,26-27,29-31,33,42-43,46,54,59-61H,15-20,22-25H2,1-10H3,(H,52,64)/b12-11+,21-14+,28-13-/t27-,29+,30+,31+,33-,42-,43+,46+,50-/m0/s1. The lowest BCUT2D eigenvalue weighted by Gasteiger charge is -2.38. The van der Waals surface area contributed by atoms with Crippen LogP contribution in [0.25, 0.3) is 0 Å². The molecule has 0 unspecified atom stereocenters. The number of morpholine rings is 1. The summed E-state index contributed by atoms with van der Waals surface area (Å²) in [4.78, 5) is 79.5. The van der Waals surface area contributed by atoms with E-state index < -0.39 is 101 Å². The van der Waals surface area contributed by atoms with Gasteiger partial charge in [0.05, 0.1) is 60.3 Å². The monoisotopic (exact) mass is 959 g/mol. The Morgan fingerprint density at radius 2 is 1.61 bits per heavy atom. The van der Waals surface area contributed by atoms with Gasteiger partial charge < -0.3 is 59.4 Å². The molecule has 2 saturated heterocycles. The van der Waals surface area contributed by atoms with Gasteiger partial charge in [0.15, 0.2) is 0 Å². The summed E-state index contributed by atoms with van der Waals surface area (Å²) in [6.45, 7) is 19.3. The number of nitrogens with zero attached hydrogens (tertiary/aromatic N) is 3. The minimum atomic E-state index is -2.03. The fraction of sp³-hybridized carbons (Fsp3) is 0.608. The summed E-state index contributed by atoms with van der Waals surface area (Å²) >= 11 is 0. The van der Waals surface area contributed by atoms with E-state index in [0.717, 1.165) is 6.54 Å². The number of amides is 2. The molecule has 376 valence electrons. The molecule has 0 aromatic heterocycles. The zero-order valence-electron chi connectivity index (χ0n) is 41.4. The van der Waals surface area contributed by atoms with Crippen molar-refractivity contribution in [2.75, 3.05) is 53.0 Å². The number of aliphatic hydroxyl groups is 2. The van der Waals surface area contributed by atoms with E-state index in [-0.39, 0.29) is 50.7 Å². The fourth-order valence-electron chi connectivity index (χ4n) is 10.3. The number of likely N-dealkylation sites (tertiary alicyclic amines) is 1. The molecule has 8 rings (SSSR count). The summed E-state index contributed by atoms with van der Waals surface area (Å²) in [5.74, 6) is -8.11. The molecular weight excluding hydrogens is 891 g/mol. The van der Waals surface area contributed by atoms with Crippen LogP contribution in [0.1, 0.15) is 106 Å². The van der Waals surface area contributed by atoms with E-state index in [9.17, 15) is 39.3 Å². The molecule has 1 aromatic rings.